The van der Waals surface area contributed by atoms with Crippen molar-refractivity contribution in [2.24, 2.45) is 0 Å². The molecular weight excluding hydrogens is 354 g/mol. The molecule has 0 aliphatic rings. The van der Waals surface area contributed by atoms with Gasteiger partial charge in [-0.25, -0.2) is 0 Å². The summed E-state index contributed by atoms with van der Waals surface area (Å²) in [4.78, 5) is 16.6. The number of nitrogens with zero attached hydrogens (tertiary/aromatic N) is 1. The van der Waals surface area contributed by atoms with Crippen molar-refractivity contribution in [2.45, 2.75) is 13.8 Å². The lowest BCUT2D eigenvalue weighted by atomic mass is 10.2. The summed E-state index contributed by atoms with van der Waals surface area (Å²) in [7, 11) is 0. The molecule has 0 aliphatic carbocycles. The van der Waals surface area contributed by atoms with Crippen LogP contribution in [-0.4, -0.2) is 17.4 Å². The number of amides is 1. The third-order valence-electron chi connectivity index (χ3n) is 2.83. The number of anilines is 2. The third kappa shape index (κ3) is 3.95. The van der Waals surface area contributed by atoms with E-state index in [1.165, 1.54) is 0 Å². The quantitative estimate of drug-likeness (QED) is 0.836. The summed E-state index contributed by atoms with van der Waals surface area (Å²) < 4.78 is 0.844. The van der Waals surface area contributed by atoms with Crippen molar-refractivity contribution in [2.75, 3.05) is 17.2 Å². The van der Waals surface area contributed by atoms with Crippen LogP contribution in [-0.2, 0) is 0 Å². The first-order valence-electron chi connectivity index (χ1n) is 6.48. The van der Waals surface area contributed by atoms with E-state index in [2.05, 4.69) is 31.5 Å². The average molecular weight is 369 g/mol. The number of carbonyl (C=O) groups is 1. The van der Waals surface area contributed by atoms with Gasteiger partial charge in [0.05, 0.1) is 22.0 Å². The van der Waals surface area contributed by atoms with Crippen LogP contribution in [0.25, 0.3) is 0 Å². The van der Waals surface area contributed by atoms with Gasteiger partial charge in [0, 0.05) is 22.9 Å². The van der Waals surface area contributed by atoms with Crippen molar-refractivity contribution in [3.8, 4) is 0 Å². The zero-order valence-corrected chi connectivity index (χ0v) is 14.0. The van der Waals surface area contributed by atoms with Crippen molar-refractivity contribution < 1.29 is 4.79 Å². The number of aromatic nitrogens is 1. The van der Waals surface area contributed by atoms with Gasteiger partial charge in [0.1, 0.15) is 0 Å². The Bertz CT molecular complexity index is 676. The topological polar surface area (TPSA) is 54.0 Å². The second kappa shape index (κ2) is 6.91. The fourth-order valence-corrected chi connectivity index (χ4v) is 2.39. The number of nitrogens with one attached hydrogen (secondary N) is 2. The molecule has 1 amide bonds. The summed E-state index contributed by atoms with van der Waals surface area (Å²) in [5, 5.41) is 6.45. The molecule has 4 nitrogen and oxygen atoms in total. The normalized spacial score (nSPS) is 10.3. The molecule has 0 radical (unpaired) electrons. The Labute approximate surface area is 137 Å². The number of aryl methyl sites for hydroxylation is 1. The van der Waals surface area contributed by atoms with Crippen LogP contribution < -0.4 is 10.6 Å². The zero-order valence-electron chi connectivity index (χ0n) is 11.7. The van der Waals surface area contributed by atoms with Crippen LogP contribution in [0, 0.1) is 6.92 Å². The molecule has 1 aromatic heterocycles. The fourth-order valence-electron chi connectivity index (χ4n) is 1.86. The molecule has 0 aliphatic heterocycles. The molecule has 6 heteroatoms. The number of benzene rings is 1. The van der Waals surface area contributed by atoms with E-state index in [4.69, 9.17) is 11.6 Å². The van der Waals surface area contributed by atoms with Gasteiger partial charge in [-0.1, -0.05) is 27.5 Å². The molecule has 0 fully saturated rings. The van der Waals surface area contributed by atoms with Crippen molar-refractivity contribution in [1.82, 2.24) is 4.98 Å². The van der Waals surface area contributed by atoms with Crippen molar-refractivity contribution >= 4 is 44.8 Å². The van der Waals surface area contributed by atoms with Gasteiger partial charge in [0.2, 0.25) is 0 Å². The molecule has 2 aromatic rings. The SMILES string of the molecule is CCNc1cc(C)ncc1C(=O)Nc1cc(Br)ccc1Cl. The molecule has 2 rings (SSSR count). The molecule has 0 saturated heterocycles. The van der Waals surface area contributed by atoms with E-state index in [0.717, 1.165) is 22.4 Å². The number of rotatable bonds is 4. The maximum absolute atomic E-state index is 12.4. The second-order valence-electron chi connectivity index (χ2n) is 4.48. The van der Waals surface area contributed by atoms with E-state index in [-0.39, 0.29) is 5.91 Å². The molecule has 2 N–H and O–H groups in total. The van der Waals surface area contributed by atoms with Crippen LogP contribution in [0.4, 0.5) is 11.4 Å². The molecule has 1 aromatic carbocycles. The Balaban J connectivity index is 2.30. The summed E-state index contributed by atoms with van der Waals surface area (Å²) in [6.45, 7) is 4.58. The first kappa shape index (κ1) is 15.8. The van der Waals surface area contributed by atoms with Gasteiger partial charge in [-0.15, -0.1) is 0 Å². The second-order valence-corrected chi connectivity index (χ2v) is 5.80. The minimum absolute atomic E-state index is 0.251. The van der Waals surface area contributed by atoms with Gasteiger partial charge in [0.15, 0.2) is 0 Å². The smallest absolute Gasteiger partial charge is 0.259 e. The minimum Gasteiger partial charge on any atom is -0.385 e. The third-order valence-corrected chi connectivity index (χ3v) is 3.65. The Hall–Kier alpha value is -1.59. The van der Waals surface area contributed by atoms with Crippen molar-refractivity contribution in [3.63, 3.8) is 0 Å². The highest BCUT2D eigenvalue weighted by molar-refractivity contribution is 9.10. The summed E-state index contributed by atoms with van der Waals surface area (Å²) >= 11 is 9.44. The van der Waals surface area contributed by atoms with Gasteiger partial charge in [0.25, 0.3) is 5.91 Å². The van der Waals surface area contributed by atoms with Gasteiger partial charge in [-0.2, -0.15) is 0 Å². The van der Waals surface area contributed by atoms with E-state index in [9.17, 15) is 4.79 Å². The number of hydrogen-bond donors (Lipinski definition) is 2. The van der Waals surface area contributed by atoms with Crippen LogP contribution in [0.3, 0.4) is 0 Å². The van der Waals surface area contributed by atoms with Gasteiger partial charge >= 0.3 is 0 Å². The van der Waals surface area contributed by atoms with Crippen LogP contribution in [0.2, 0.25) is 5.02 Å². The largest absolute Gasteiger partial charge is 0.385 e. The molecular formula is C15H15BrClN3O. The lowest BCUT2D eigenvalue weighted by molar-refractivity contribution is 0.102. The molecule has 0 spiro atoms. The number of carbonyl (C=O) groups excluding carboxylic acids is 1. The number of hydrogen-bond acceptors (Lipinski definition) is 3. The summed E-state index contributed by atoms with van der Waals surface area (Å²) in [6.07, 6.45) is 1.56. The average Bonchev–Trinajstić information content (AvgIpc) is 2.43. The van der Waals surface area contributed by atoms with Crippen LogP contribution in [0.15, 0.2) is 34.9 Å². The highest BCUT2D eigenvalue weighted by Gasteiger charge is 2.14. The van der Waals surface area contributed by atoms with Crippen molar-refractivity contribution in [1.29, 1.82) is 0 Å². The van der Waals surface area contributed by atoms with E-state index in [0.29, 0.717) is 16.3 Å². The van der Waals surface area contributed by atoms with Crippen LogP contribution in [0.1, 0.15) is 23.0 Å². The van der Waals surface area contributed by atoms with Gasteiger partial charge < -0.3 is 10.6 Å². The highest BCUT2D eigenvalue weighted by Crippen LogP contribution is 2.27. The molecule has 0 saturated carbocycles. The summed E-state index contributed by atoms with van der Waals surface area (Å²) in [5.74, 6) is -0.251. The number of halogens is 2. The Morgan fingerprint density at radius 2 is 2.10 bits per heavy atom. The molecule has 21 heavy (non-hydrogen) atoms. The predicted octanol–water partition coefficient (Wildman–Crippen LogP) is 4.49. The minimum atomic E-state index is -0.251. The van der Waals surface area contributed by atoms with E-state index in [1.54, 1.807) is 18.3 Å². The van der Waals surface area contributed by atoms with Crippen LogP contribution in [0.5, 0.6) is 0 Å². The van der Waals surface area contributed by atoms with Crippen LogP contribution >= 0.6 is 27.5 Å². The lowest BCUT2D eigenvalue weighted by Crippen LogP contribution is -2.15. The number of pyridine rings is 1. The Morgan fingerprint density at radius 3 is 2.81 bits per heavy atom. The van der Waals surface area contributed by atoms with Crippen molar-refractivity contribution in [3.05, 3.63) is 51.2 Å². The van der Waals surface area contributed by atoms with E-state index < -0.39 is 0 Å². The Morgan fingerprint density at radius 1 is 1.33 bits per heavy atom. The predicted molar refractivity (Wildman–Crippen MR) is 90.2 cm³/mol. The highest BCUT2D eigenvalue weighted by atomic mass is 79.9. The maximum atomic E-state index is 12.4. The fraction of sp³-hybridized carbons (Fsp3) is 0.200. The molecule has 110 valence electrons. The Kier molecular flexibility index (Phi) is 5.20. The first-order chi connectivity index (χ1) is 10.0. The lowest BCUT2D eigenvalue weighted by Gasteiger charge is -2.12. The summed E-state index contributed by atoms with van der Waals surface area (Å²) in [5.41, 5.74) is 2.65. The molecule has 0 atom stereocenters. The van der Waals surface area contributed by atoms with E-state index >= 15 is 0 Å². The van der Waals surface area contributed by atoms with Gasteiger partial charge in [-0.05, 0) is 38.1 Å². The first-order valence-corrected chi connectivity index (χ1v) is 7.65. The monoisotopic (exact) mass is 367 g/mol. The van der Waals surface area contributed by atoms with E-state index in [1.807, 2.05) is 26.0 Å². The summed E-state index contributed by atoms with van der Waals surface area (Å²) in [6, 6.07) is 7.14. The zero-order chi connectivity index (χ0) is 15.4. The molecule has 0 bridgehead atoms. The molecule has 1 heterocycles. The maximum Gasteiger partial charge on any atom is 0.259 e. The standard InChI is InChI=1S/C15H15BrClN3O/c1-3-18-13-6-9(2)19-8-11(13)15(21)20-14-7-10(16)4-5-12(14)17/h4-8H,3H2,1-2H3,(H,18,19)(H,20,21). The van der Waals surface area contributed by atoms with Gasteiger partial charge in [-0.3, -0.25) is 9.78 Å². The molecule has 0 unspecified atom stereocenters.